The van der Waals surface area contributed by atoms with Gasteiger partial charge in [0, 0.05) is 9.26 Å². The minimum Gasteiger partial charge on any atom is -0.398 e. The van der Waals surface area contributed by atoms with E-state index >= 15 is 0 Å². The fourth-order valence-corrected chi connectivity index (χ4v) is 1.35. The zero-order valence-electron chi connectivity index (χ0n) is 5.84. The number of hydrogen-bond donors (Lipinski definition) is 1. The van der Waals surface area contributed by atoms with Crippen LogP contribution in [-0.2, 0) is 6.42 Å². The Morgan fingerprint density at radius 2 is 2.27 bits per heavy atom. The van der Waals surface area contributed by atoms with Gasteiger partial charge < -0.3 is 5.73 Å². The summed E-state index contributed by atoms with van der Waals surface area (Å²) >= 11 is 2.16. The molecule has 2 N–H and O–H groups in total. The van der Waals surface area contributed by atoms with E-state index in [0.29, 0.717) is 6.42 Å². The Bertz CT molecular complexity index is 301. The number of anilines is 1. The molecular weight excluding hydrogens is 251 g/mol. The summed E-state index contributed by atoms with van der Waals surface area (Å²) in [5.74, 6) is 0. The highest BCUT2D eigenvalue weighted by Crippen LogP contribution is 2.16. The maximum Gasteiger partial charge on any atom is 0.0669 e. The summed E-state index contributed by atoms with van der Waals surface area (Å²) in [6.07, 6.45) is 0.455. The summed E-state index contributed by atoms with van der Waals surface area (Å²) in [7, 11) is 0. The van der Waals surface area contributed by atoms with Crippen LogP contribution >= 0.6 is 22.6 Å². The molecule has 1 aromatic carbocycles. The molecular formula is C8H7IN2. The number of halogens is 1. The number of nitriles is 1. The lowest BCUT2D eigenvalue weighted by Crippen LogP contribution is -1.90. The van der Waals surface area contributed by atoms with Crippen molar-refractivity contribution in [3.05, 3.63) is 27.3 Å². The SMILES string of the molecule is N#CCc1ccc(N)c(I)c1. The van der Waals surface area contributed by atoms with Crippen LogP contribution in [0.15, 0.2) is 18.2 Å². The Hall–Kier alpha value is -0.760. The molecule has 0 saturated carbocycles. The number of nitrogen functional groups attached to an aromatic ring is 1. The van der Waals surface area contributed by atoms with Crippen LogP contribution in [0.4, 0.5) is 5.69 Å². The maximum absolute atomic E-state index is 8.40. The topological polar surface area (TPSA) is 49.8 Å². The third-order valence-corrected chi connectivity index (χ3v) is 2.28. The molecule has 0 aliphatic heterocycles. The summed E-state index contributed by atoms with van der Waals surface area (Å²) in [5, 5.41) is 8.40. The molecule has 0 aliphatic rings. The molecule has 0 heterocycles. The van der Waals surface area contributed by atoms with E-state index in [1.165, 1.54) is 0 Å². The van der Waals surface area contributed by atoms with Gasteiger partial charge in [0.2, 0.25) is 0 Å². The third-order valence-electron chi connectivity index (χ3n) is 1.35. The second-order valence-corrected chi connectivity index (χ2v) is 3.35. The van der Waals surface area contributed by atoms with E-state index in [1.807, 2.05) is 18.2 Å². The smallest absolute Gasteiger partial charge is 0.0669 e. The van der Waals surface area contributed by atoms with Crippen molar-refractivity contribution in [1.82, 2.24) is 0 Å². The largest absolute Gasteiger partial charge is 0.398 e. The average molecular weight is 258 g/mol. The molecule has 0 saturated heterocycles. The standard InChI is InChI=1S/C8H7IN2/c9-7-5-6(3-4-10)1-2-8(7)11/h1-2,5H,3,11H2. The molecule has 0 aromatic heterocycles. The fourth-order valence-electron chi connectivity index (χ4n) is 0.772. The fraction of sp³-hybridized carbons (Fsp3) is 0.125. The van der Waals surface area contributed by atoms with E-state index in [9.17, 15) is 0 Å². The zero-order chi connectivity index (χ0) is 8.27. The Morgan fingerprint density at radius 3 is 2.82 bits per heavy atom. The van der Waals surface area contributed by atoms with Crippen LogP contribution in [0.3, 0.4) is 0 Å². The number of hydrogen-bond acceptors (Lipinski definition) is 2. The van der Waals surface area contributed by atoms with Crippen LogP contribution in [0.5, 0.6) is 0 Å². The summed E-state index contributed by atoms with van der Waals surface area (Å²) in [4.78, 5) is 0. The molecule has 11 heavy (non-hydrogen) atoms. The van der Waals surface area contributed by atoms with Crippen molar-refractivity contribution in [2.75, 3.05) is 5.73 Å². The molecule has 0 fully saturated rings. The quantitative estimate of drug-likeness (QED) is 0.618. The normalized spacial score (nSPS) is 9.09. The van der Waals surface area contributed by atoms with Crippen molar-refractivity contribution in [2.24, 2.45) is 0 Å². The molecule has 1 aromatic rings. The van der Waals surface area contributed by atoms with Gasteiger partial charge in [-0.3, -0.25) is 0 Å². The second-order valence-electron chi connectivity index (χ2n) is 2.19. The molecule has 2 nitrogen and oxygen atoms in total. The third kappa shape index (κ3) is 2.09. The molecule has 56 valence electrons. The highest BCUT2D eigenvalue weighted by molar-refractivity contribution is 14.1. The van der Waals surface area contributed by atoms with Gasteiger partial charge in [0.1, 0.15) is 0 Å². The van der Waals surface area contributed by atoms with Gasteiger partial charge in [0.05, 0.1) is 12.5 Å². The van der Waals surface area contributed by atoms with Gasteiger partial charge in [-0.1, -0.05) is 6.07 Å². The lowest BCUT2D eigenvalue weighted by molar-refractivity contribution is 1.26. The van der Waals surface area contributed by atoms with E-state index in [0.717, 1.165) is 14.8 Å². The first kappa shape index (κ1) is 8.34. The number of nitrogens with two attached hydrogens (primary N) is 1. The van der Waals surface area contributed by atoms with Crippen molar-refractivity contribution in [1.29, 1.82) is 5.26 Å². The van der Waals surface area contributed by atoms with E-state index < -0.39 is 0 Å². The van der Waals surface area contributed by atoms with Gasteiger partial charge in [-0.2, -0.15) is 5.26 Å². The Kier molecular flexibility index (Phi) is 2.71. The first-order valence-electron chi connectivity index (χ1n) is 3.15. The first-order valence-corrected chi connectivity index (χ1v) is 4.23. The summed E-state index contributed by atoms with van der Waals surface area (Å²) < 4.78 is 1.01. The van der Waals surface area contributed by atoms with Gasteiger partial charge in [-0.15, -0.1) is 0 Å². The molecule has 3 heteroatoms. The number of benzene rings is 1. The van der Waals surface area contributed by atoms with Crippen molar-refractivity contribution in [3.63, 3.8) is 0 Å². The van der Waals surface area contributed by atoms with Gasteiger partial charge in [0.15, 0.2) is 0 Å². The van der Waals surface area contributed by atoms with Crippen molar-refractivity contribution >= 4 is 28.3 Å². The van der Waals surface area contributed by atoms with E-state index in [1.54, 1.807) is 0 Å². The van der Waals surface area contributed by atoms with Crippen LogP contribution in [0.1, 0.15) is 5.56 Å². The zero-order valence-corrected chi connectivity index (χ0v) is 8.00. The van der Waals surface area contributed by atoms with Crippen LogP contribution < -0.4 is 5.73 Å². The Morgan fingerprint density at radius 1 is 1.55 bits per heavy atom. The lowest BCUT2D eigenvalue weighted by Gasteiger charge is -1.98. The summed E-state index contributed by atoms with van der Waals surface area (Å²) in [5.41, 5.74) is 7.38. The van der Waals surface area contributed by atoms with Crippen LogP contribution in [0.2, 0.25) is 0 Å². The summed E-state index contributed by atoms with van der Waals surface area (Å²) in [6.45, 7) is 0. The van der Waals surface area contributed by atoms with Crippen LogP contribution in [0.25, 0.3) is 0 Å². The molecule has 0 radical (unpaired) electrons. The van der Waals surface area contributed by atoms with Crippen molar-refractivity contribution in [2.45, 2.75) is 6.42 Å². The second kappa shape index (κ2) is 3.58. The van der Waals surface area contributed by atoms with Gasteiger partial charge >= 0.3 is 0 Å². The predicted octanol–water partition coefficient (Wildman–Crippen LogP) is 1.94. The molecule has 0 bridgehead atoms. The molecule has 0 spiro atoms. The Labute approximate surface area is 79.2 Å². The van der Waals surface area contributed by atoms with E-state index in [4.69, 9.17) is 11.0 Å². The molecule has 0 atom stereocenters. The lowest BCUT2D eigenvalue weighted by atomic mass is 10.1. The molecule has 0 amide bonds. The van der Waals surface area contributed by atoms with Crippen LogP contribution in [-0.4, -0.2) is 0 Å². The van der Waals surface area contributed by atoms with Gasteiger partial charge in [-0.05, 0) is 40.3 Å². The van der Waals surface area contributed by atoms with Gasteiger partial charge in [-0.25, -0.2) is 0 Å². The predicted molar refractivity (Wildman–Crippen MR) is 52.9 cm³/mol. The average Bonchev–Trinajstić information content (AvgIpc) is 1.98. The van der Waals surface area contributed by atoms with Gasteiger partial charge in [0.25, 0.3) is 0 Å². The first-order chi connectivity index (χ1) is 5.24. The van der Waals surface area contributed by atoms with Crippen molar-refractivity contribution < 1.29 is 0 Å². The van der Waals surface area contributed by atoms with Crippen molar-refractivity contribution in [3.8, 4) is 6.07 Å². The van der Waals surface area contributed by atoms with E-state index in [2.05, 4.69) is 28.7 Å². The van der Waals surface area contributed by atoms with E-state index in [-0.39, 0.29) is 0 Å². The molecule has 0 unspecified atom stereocenters. The number of nitrogens with zero attached hydrogens (tertiary/aromatic N) is 1. The molecule has 1 rings (SSSR count). The minimum atomic E-state index is 0.455. The van der Waals surface area contributed by atoms with Crippen LogP contribution in [0, 0.1) is 14.9 Å². The highest BCUT2D eigenvalue weighted by Gasteiger charge is 1.96. The molecule has 0 aliphatic carbocycles. The minimum absolute atomic E-state index is 0.455. The number of rotatable bonds is 1. The maximum atomic E-state index is 8.40. The summed E-state index contributed by atoms with van der Waals surface area (Å²) in [6, 6.07) is 7.72. The Balaban J connectivity index is 2.98. The monoisotopic (exact) mass is 258 g/mol. The highest BCUT2D eigenvalue weighted by atomic mass is 127.